The lowest BCUT2D eigenvalue weighted by Crippen LogP contribution is -2.47. The predicted molar refractivity (Wildman–Crippen MR) is 131 cm³/mol. The van der Waals surface area contributed by atoms with Crippen molar-refractivity contribution >= 4 is 23.5 Å². The highest BCUT2D eigenvalue weighted by Gasteiger charge is 2.22. The van der Waals surface area contributed by atoms with Crippen molar-refractivity contribution in [1.82, 2.24) is 34.7 Å². The van der Waals surface area contributed by atoms with Gasteiger partial charge in [-0.15, -0.1) is 0 Å². The minimum Gasteiger partial charge on any atom is -0.377 e. The molecule has 2 aliphatic heterocycles. The third-order valence-corrected chi connectivity index (χ3v) is 6.20. The van der Waals surface area contributed by atoms with Gasteiger partial charge in [0.05, 0.1) is 31.1 Å². The number of nitrogens with one attached hydrogen (secondary N) is 1. The van der Waals surface area contributed by atoms with E-state index in [1.54, 1.807) is 6.20 Å². The molecule has 35 heavy (non-hydrogen) atoms. The van der Waals surface area contributed by atoms with Crippen molar-refractivity contribution in [3.8, 4) is 0 Å². The molecule has 0 saturated carbocycles. The van der Waals surface area contributed by atoms with E-state index in [4.69, 9.17) is 4.74 Å². The topological polar surface area (TPSA) is 110 Å². The number of benzene rings is 1. The number of hydrogen-bond acceptors (Lipinski definition) is 10. The third kappa shape index (κ3) is 4.90. The van der Waals surface area contributed by atoms with Crippen molar-refractivity contribution in [3.63, 3.8) is 0 Å². The number of ether oxygens (including phenoxy) is 1. The molecular formula is C24H26N10O. The van der Waals surface area contributed by atoms with Crippen LogP contribution in [0.5, 0.6) is 0 Å². The maximum absolute atomic E-state index is 5.23. The molecule has 3 aromatic heterocycles. The Labute approximate surface area is 202 Å². The molecule has 11 nitrogen and oxygen atoms in total. The van der Waals surface area contributed by atoms with Crippen LogP contribution in [0.2, 0.25) is 0 Å². The van der Waals surface area contributed by atoms with Crippen LogP contribution in [-0.4, -0.2) is 74.1 Å². The molecule has 0 radical (unpaired) electrons. The Balaban J connectivity index is 1.05. The predicted octanol–water partition coefficient (Wildman–Crippen LogP) is 2.09. The highest BCUT2D eigenvalue weighted by molar-refractivity contribution is 5.52. The Morgan fingerprint density at radius 2 is 1.57 bits per heavy atom. The first-order chi connectivity index (χ1) is 17.3. The molecule has 178 valence electrons. The van der Waals surface area contributed by atoms with Crippen molar-refractivity contribution in [1.29, 1.82) is 0 Å². The fourth-order valence-corrected chi connectivity index (χ4v) is 4.15. The standard InChI is InChI=1S/C24H26N10O/c1-2-4-18(5-3-1)10-19-11-25-23(26-12-19)32-6-8-33(9-7-32)24-28-17-27-22(31-24)30-20-13-29-34(14-20)21-15-35-16-21/h1-5,11-14,17,21H,6-10,15-16H2,(H,27,28,30,31). The molecule has 2 saturated heterocycles. The van der Waals surface area contributed by atoms with Gasteiger partial charge in [0.15, 0.2) is 0 Å². The average molecular weight is 471 g/mol. The zero-order chi connectivity index (χ0) is 23.5. The molecule has 0 amide bonds. The highest BCUT2D eigenvalue weighted by Crippen LogP contribution is 2.21. The lowest BCUT2D eigenvalue weighted by molar-refractivity contribution is -0.0286. The van der Waals surface area contributed by atoms with Gasteiger partial charge in [-0.1, -0.05) is 30.3 Å². The summed E-state index contributed by atoms with van der Waals surface area (Å²) < 4.78 is 7.14. The van der Waals surface area contributed by atoms with Crippen molar-refractivity contribution < 1.29 is 4.74 Å². The first-order valence-corrected chi connectivity index (χ1v) is 11.7. The average Bonchev–Trinajstić information content (AvgIpc) is 3.32. The van der Waals surface area contributed by atoms with E-state index in [9.17, 15) is 0 Å². The van der Waals surface area contributed by atoms with E-state index in [1.165, 1.54) is 11.9 Å². The van der Waals surface area contributed by atoms with Gasteiger partial charge < -0.3 is 19.9 Å². The number of anilines is 4. The monoisotopic (exact) mass is 470 g/mol. The molecule has 0 bridgehead atoms. The molecule has 5 heterocycles. The van der Waals surface area contributed by atoms with Crippen molar-refractivity contribution in [2.45, 2.75) is 12.5 Å². The Morgan fingerprint density at radius 3 is 2.29 bits per heavy atom. The molecule has 1 aromatic carbocycles. The third-order valence-electron chi connectivity index (χ3n) is 6.20. The number of piperazine rings is 1. The van der Waals surface area contributed by atoms with Crippen LogP contribution in [0.1, 0.15) is 17.2 Å². The Morgan fingerprint density at radius 1 is 0.829 bits per heavy atom. The van der Waals surface area contributed by atoms with E-state index in [1.807, 2.05) is 29.3 Å². The molecule has 1 N–H and O–H groups in total. The van der Waals surface area contributed by atoms with Gasteiger partial charge in [-0.25, -0.2) is 19.9 Å². The number of hydrogen-bond donors (Lipinski definition) is 1. The minimum absolute atomic E-state index is 0.305. The number of rotatable bonds is 7. The van der Waals surface area contributed by atoms with Crippen LogP contribution in [0.4, 0.5) is 23.5 Å². The first-order valence-electron chi connectivity index (χ1n) is 11.7. The van der Waals surface area contributed by atoms with Crippen molar-refractivity contribution in [3.05, 3.63) is 72.6 Å². The largest absolute Gasteiger partial charge is 0.377 e. The normalized spacial score (nSPS) is 16.2. The summed E-state index contributed by atoms with van der Waals surface area (Å²) in [5.41, 5.74) is 3.20. The summed E-state index contributed by atoms with van der Waals surface area (Å²) in [4.78, 5) is 26.8. The SMILES string of the molecule is c1ccc(Cc2cnc(N3CCN(c4ncnc(Nc5cnn(C6COC6)c5)n4)CC3)nc2)cc1. The fraction of sp³-hybridized carbons (Fsp3) is 0.333. The van der Waals surface area contributed by atoms with Gasteiger partial charge in [0, 0.05) is 51.2 Å². The molecule has 2 aliphatic rings. The molecule has 2 fully saturated rings. The van der Waals surface area contributed by atoms with Crippen molar-refractivity contribution in [2.24, 2.45) is 0 Å². The second-order valence-corrected chi connectivity index (χ2v) is 8.66. The highest BCUT2D eigenvalue weighted by atomic mass is 16.5. The summed E-state index contributed by atoms with van der Waals surface area (Å²) in [6.07, 6.45) is 9.93. The molecule has 0 spiro atoms. The van der Waals surface area contributed by atoms with E-state index in [0.717, 1.165) is 49.8 Å². The zero-order valence-electron chi connectivity index (χ0n) is 19.2. The summed E-state index contributed by atoms with van der Waals surface area (Å²) >= 11 is 0. The van der Waals surface area contributed by atoms with Crippen LogP contribution in [-0.2, 0) is 11.2 Å². The van der Waals surface area contributed by atoms with Crippen LogP contribution in [0.15, 0.2) is 61.4 Å². The van der Waals surface area contributed by atoms with Crippen LogP contribution < -0.4 is 15.1 Å². The molecule has 0 atom stereocenters. The molecule has 6 rings (SSSR count). The summed E-state index contributed by atoms with van der Waals surface area (Å²) in [5.74, 6) is 1.91. The lowest BCUT2D eigenvalue weighted by Gasteiger charge is -2.34. The zero-order valence-corrected chi connectivity index (χ0v) is 19.2. The Kier molecular flexibility index (Phi) is 5.89. The lowest BCUT2D eigenvalue weighted by atomic mass is 10.1. The van der Waals surface area contributed by atoms with E-state index in [-0.39, 0.29) is 0 Å². The Bertz CT molecular complexity index is 1250. The number of aromatic nitrogens is 7. The van der Waals surface area contributed by atoms with Gasteiger partial charge in [-0.05, 0) is 11.1 Å². The van der Waals surface area contributed by atoms with Gasteiger partial charge in [0.25, 0.3) is 0 Å². The summed E-state index contributed by atoms with van der Waals surface area (Å²) in [6.45, 7) is 4.54. The van der Waals surface area contributed by atoms with Crippen LogP contribution in [0, 0.1) is 0 Å². The molecule has 11 heteroatoms. The summed E-state index contributed by atoms with van der Waals surface area (Å²) in [6, 6.07) is 10.7. The van der Waals surface area contributed by atoms with Gasteiger partial charge >= 0.3 is 0 Å². The van der Waals surface area contributed by atoms with Crippen LogP contribution in [0.3, 0.4) is 0 Å². The quantitative estimate of drug-likeness (QED) is 0.431. The van der Waals surface area contributed by atoms with Crippen LogP contribution >= 0.6 is 0 Å². The second-order valence-electron chi connectivity index (χ2n) is 8.66. The van der Waals surface area contributed by atoms with Crippen LogP contribution in [0.25, 0.3) is 0 Å². The van der Waals surface area contributed by atoms with E-state index in [2.05, 4.69) is 69.4 Å². The maximum Gasteiger partial charge on any atom is 0.232 e. The second kappa shape index (κ2) is 9.63. The summed E-state index contributed by atoms with van der Waals surface area (Å²) in [7, 11) is 0. The Hall–Kier alpha value is -4.12. The van der Waals surface area contributed by atoms with Gasteiger partial charge in [-0.3, -0.25) is 4.68 Å². The van der Waals surface area contributed by atoms with Gasteiger partial charge in [-0.2, -0.15) is 10.1 Å². The first kappa shape index (κ1) is 21.4. The van der Waals surface area contributed by atoms with E-state index in [0.29, 0.717) is 31.2 Å². The summed E-state index contributed by atoms with van der Waals surface area (Å²) in [5, 5.41) is 7.61. The smallest absolute Gasteiger partial charge is 0.232 e. The minimum atomic E-state index is 0.305. The molecule has 0 unspecified atom stereocenters. The van der Waals surface area contributed by atoms with E-state index >= 15 is 0 Å². The number of nitrogens with zero attached hydrogens (tertiary/aromatic N) is 9. The van der Waals surface area contributed by atoms with E-state index < -0.39 is 0 Å². The molecular weight excluding hydrogens is 444 g/mol. The van der Waals surface area contributed by atoms with Crippen molar-refractivity contribution in [2.75, 3.05) is 54.5 Å². The van der Waals surface area contributed by atoms with Gasteiger partial charge in [0.1, 0.15) is 6.33 Å². The molecule has 0 aliphatic carbocycles. The maximum atomic E-state index is 5.23. The fourth-order valence-electron chi connectivity index (χ4n) is 4.15. The van der Waals surface area contributed by atoms with Gasteiger partial charge in [0.2, 0.25) is 17.8 Å². The molecule has 4 aromatic rings.